The van der Waals surface area contributed by atoms with E-state index >= 15 is 0 Å². The minimum atomic E-state index is -0.889. The molecule has 4 N–H and O–H groups in total. The SMILES string of the molecule is CCN(CC(=O)O)C1CC(NC(=O)NCC(C)(C)C(C)(C)O)C1. The zero-order valence-electron chi connectivity index (χ0n) is 14.8. The summed E-state index contributed by atoms with van der Waals surface area (Å²) in [6.45, 7) is 10.3. The summed E-state index contributed by atoms with van der Waals surface area (Å²) >= 11 is 0. The minimum Gasteiger partial charge on any atom is -0.480 e. The molecule has 23 heavy (non-hydrogen) atoms. The molecule has 1 rings (SSSR count). The van der Waals surface area contributed by atoms with Crippen molar-refractivity contribution in [3.8, 4) is 0 Å². The molecule has 0 saturated heterocycles. The van der Waals surface area contributed by atoms with Crippen LogP contribution >= 0.6 is 0 Å². The van der Waals surface area contributed by atoms with Gasteiger partial charge in [0.15, 0.2) is 0 Å². The van der Waals surface area contributed by atoms with Crippen LogP contribution in [0.5, 0.6) is 0 Å². The van der Waals surface area contributed by atoms with Crippen LogP contribution in [0.4, 0.5) is 4.79 Å². The number of rotatable bonds is 8. The van der Waals surface area contributed by atoms with Crippen molar-refractivity contribution in [2.75, 3.05) is 19.6 Å². The van der Waals surface area contributed by atoms with Gasteiger partial charge in [0, 0.05) is 24.0 Å². The summed E-state index contributed by atoms with van der Waals surface area (Å²) in [4.78, 5) is 24.6. The number of carbonyl (C=O) groups excluding carboxylic acids is 1. The first kappa shape index (κ1) is 19.7. The first-order valence-electron chi connectivity index (χ1n) is 8.19. The second-order valence-corrected chi connectivity index (χ2v) is 7.55. The number of hydrogen-bond donors (Lipinski definition) is 4. The molecule has 0 atom stereocenters. The molecular weight excluding hydrogens is 298 g/mol. The molecule has 1 aliphatic carbocycles. The van der Waals surface area contributed by atoms with E-state index in [4.69, 9.17) is 5.11 Å². The fraction of sp³-hybridized carbons (Fsp3) is 0.875. The van der Waals surface area contributed by atoms with Crippen LogP contribution in [0.25, 0.3) is 0 Å². The Hall–Kier alpha value is -1.34. The van der Waals surface area contributed by atoms with Crippen molar-refractivity contribution in [2.45, 2.75) is 65.1 Å². The van der Waals surface area contributed by atoms with E-state index in [2.05, 4.69) is 10.6 Å². The number of amides is 2. The van der Waals surface area contributed by atoms with Gasteiger partial charge in [-0.1, -0.05) is 20.8 Å². The average Bonchev–Trinajstić information content (AvgIpc) is 2.36. The third kappa shape index (κ3) is 5.66. The Morgan fingerprint density at radius 3 is 2.22 bits per heavy atom. The molecule has 0 unspecified atom stereocenters. The number of aliphatic carboxylic acids is 1. The van der Waals surface area contributed by atoms with Crippen LogP contribution in [-0.2, 0) is 4.79 Å². The average molecular weight is 329 g/mol. The molecule has 7 nitrogen and oxygen atoms in total. The standard InChI is InChI=1S/C16H31N3O4/c1-6-19(9-13(20)21)12-7-11(8-12)18-14(22)17-10-15(2,3)16(4,5)23/h11-12,23H,6-10H2,1-5H3,(H,20,21)(H2,17,18,22). The fourth-order valence-electron chi connectivity index (χ4n) is 2.43. The highest BCUT2D eigenvalue weighted by molar-refractivity contribution is 5.74. The molecule has 0 bridgehead atoms. The Morgan fingerprint density at radius 1 is 1.22 bits per heavy atom. The lowest BCUT2D eigenvalue weighted by Crippen LogP contribution is -2.57. The van der Waals surface area contributed by atoms with Crippen molar-refractivity contribution in [1.29, 1.82) is 0 Å². The minimum absolute atomic E-state index is 0.0415. The van der Waals surface area contributed by atoms with E-state index in [0.717, 1.165) is 12.8 Å². The molecule has 1 fully saturated rings. The second kappa shape index (κ2) is 7.49. The van der Waals surface area contributed by atoms with Gasteiger partial charge in [0.2, 0.25) is 0 Å². The Bertz CT molecular complexity index is 426. The number of urea groups is 1. The van der Waals surface area contributed by atoms with E-state index in [1.54, 1.807) is 13.8 Å². The number of likely N-dealkylation sites (N-methyl/N-ethyl adjacent to an activating group) is 1. The molecule has 1 aliphatic rings. The second-order valence-electron chi connectivity index (χ2n) is 7.55. The van der Waals surface area contributed by atoms with Gasteiger partial charge in [0.1, 0.15) is 0 Å². The fourth-order valence-corrected chi connectivity index (χ4v) is 2.43. The van der Waals surface area contributed by atoms with Gasteiger partial charge in [-0.15, -0.1) is 0 Å². The van der Waals surface area contributed by atoms with Crippen LogP contribution in [-0.4, -0.2) is 64.4 Å². The predicted molar refractivity (Wildman–Crippen MR) is 88.3 cm³/mol. The highest BCUT2D eigenvalue weighted by Gasteiger charge is 2.37. The first-order valence-corrected chi connectivity index (χ1v) is 8.19. The van der Waals surface area contributed by atoms with Crippen LogP contribution in [0.2, 0.25) is 0 Å². The molecule has 0 aliphatic heterocycles. The van der Waals surface area contributed by atoms with Crippen LogP contribution in [0.3, 0.4) is 0 Å². The number of carboxylic acids is 1. The van der Waals surface area contributed by atoms with Gasteiger partial charge >= 0.3 is 12.0 Å². The van der Waals surface area contributed by atoms with Crippen molar-refractivity contribution in [2.24, 2.45) is 5.41 Å². The third-order valence-corrected chi connectivity index (χ3v) is 5.06. The lowest BCUT2D eigenvalue weighted by atomic mass is 9.77. The summed E-state index contributed by atoms with van der Waals surface area (Å²) in [7, 11) is 0. The number of carboxylic acid groups (broad SMARTS) is 1. The van der Waals surface area contributed by atoms with Crippen molar-refractivity contribution < 1.29 is 19.8 Å². The number of nitrogens with zero attached hydrogens (tertiary/aromatic N) is 1. The Kier molecular flexibility index (Phi) is 6.41. The molecule has 0 radical (unpaired) electrons. The largest absolute Gasteiger partial charge is 0.480 e. The first-order chi connectivity index (χ1) is 10.5. The van der Waals surface area contributed by atoms with Crippen LogP contribution in [0, 0.1) is 5.41 Å². The van der Waals surface area contributed by atoms with Gasteiger partial charge in [-0.2, -0.15) is 0 Å². The van der Waals surface area contributed by atoms with Gasteiger partial charge in [-0.05, 0) is 33.2 Å². The summed E-state index contributed by atoms with van der Waals surface area (Å²) in [5, 5.41) is 24.6. The van der Waals surface area contributed by atoms with Crippen LogP contribution in [0.15, 0.2) is 0 Å². The maximum Gasteiger partial charge on any atom is 0.317 e. The van der Waals surface area contributed by atoms with Crippen molar-refractivity contribution in [3.63, 3.8) is 0 Å². The molecule has 2 amide bonds. The maximum absolute atomic E-state index is 11.9. The Labute approximate surface area is 138 Å². The van der Waals surface area contributed by atoms with Gasteiger partial charge in [0.05, 0.1) is 12.1 Å². The van der Waals surface area contributed by atoms with Gasteiger partial charge in [-0.3, -0.25) is 9.69 Å². The summed E-state index contributed by atoms with van der Waals surface area (Å²) < 4.78 is 0. The van der Waals surface area contributed by atoms with E-state index in [1.165, 1.54) is 0 Å². The molecule has 1 saturated carbocycles. The molecule has 0 aromatic carbocycles. The van der Waals surface area contributed by atoms with Crippen molar-refractivity contribution in [1.82, 2.24) is 15.5 Å². The summed E-state index contributed by atoms with van der Waals surface area (Å²) in [5.41, 5.74) is -1.33. The highest BCUT2D eigenvalue weighted by atomic mass is 16.4. The molecule has 7 heteroatoms. The number of carbonyl (C=O) groups is 2. The van der Waals surface area contributed by atoms with E-state index in [-0.39, 0.29) is 24.7 Å². The monoisotopic (exact) mass is 329 g/mol. The highest BCUT2D eigenvalue weighted by Crippen LogP contribution is 2.29. The third-order valence-electron chi connectivity index (χ3n) is 5.06. The zero-order valence-corrected chi connectivity index (χ0v) is 14.8. The topological polar surface area (TPSA) is 102 Å². The van der Waals surface area contributed by atoms with Gasteiger partial charge < -0.3 is 20.8 Å². The molecular formula is C16H31N3O4. The Balaban J connectivity index is 2.32. The molecule has 0 aromatic rings. The van der Waals surface area contributed by atoms with Gasteiger partial charge in [0.25, 0.3) is 0 Å². The number of aliphatic hydroxyl groups is 1. The lowest BCUT2D eigenvalue weighted by Gasteiger charge is -2.42. The maximum atomic E-state index is 11.9. The zero-order chi connectivity index (χ0) is 17.8. The van der Waals surface area contributed by atoms with Crippen molar-refractivity contribution >= 4 is 12.0 Å². The molecule has 0 heterocycles. The van der Waals surface area contributed by atoms with E-state index in [1.807, 2.05) is 25.7 Å². The quantitative estimate of drug-likeness (QED) is 0.532. The van der Waals surface area contributed by atoms with Crippen LogP contribution in [0.1, 0.15) is 47.5 Å². The summed E-state index contributed by atoms with van der Waals surface area (Å²) in [6.07, 6.45) is 1.53. The van der Waals surface area contributed by atoms with Gasteiger partial charge in [-0.25, -0.2) is 4.79 Å². The van der Waals surface area contributed by atoms with Crippen LogP contribution < -0.4 is 10.6 Å². The summed E-state index contributed by atoms with van der Waals surface area (Å²) in [5.74, 6) is -0.824. The summed E-state index contributed by atoms with van der Waals surface area (Å²) in [6, 6.07) is 0.0503. The number of hydrogen-bond acceptors (Lipinski definition) is 4. The number of nitrogens with one attached hydrogen (secondary N) is 2. The Morgan fingerprint density at radius 2 is 1.78 bits per heavy atom. The molecule has 0 spiro atoms. The van der Waals surface area contributed by atoms with E-state index < -0.39 is 17.0 Å². The smallest absolute Gasteiger partial charge is 0.317 e. The molecule has 0 aromatic heterocycles. The van der Waals surface area contributed by atoms with Crippen molar-refractivity contribution in [3.05, 3.63) is 0 Å². The predicted octanol–water partition coefficient (Wildman–Crippen LogP) is 1.02. The lowest BCUT2D eigenvalue weighted by molar-refractivity contribution is -0.139. The molecule has 134 valence electrons. The normalized spacial score (nSPS) is 21.7. The van der Waals surface area contributed by atoms with E-state index in [0.29, 0.717) is 13.1 Å². The van der Waals surface area contributed by atoms with E-state index in [9.17, 15) is 14.7 Å².